The van der Waals surface area contributed by atoms with E-state index >= 15 is 0 Å². The van der Waals surface area contributed by atoms with Crippen molar-refractivity contribution in [1.82, 2.24) is 4.98 Å². The van der Waals surface area contributed by atoms with Crippen molar-refractivity contribution in [2.24, 2.45) is 0 Å². The SMILES string of the molecule is CCCCC/C=C/c1nc(CCOS(C)(=O)=O)c(C)o1. The maximum atomic E-state index is 10.9. The molecule has 0 aromatic carbocycles. The van der Waals surface area contributed by atoms with E-state index in [0.717, 1.165) is 18.4 Å². The van der Waals surface area contributed by atoms with Crippen molar-refractivity contribution in [2.45, 2.75) is 46.0 Å². The molecular formula is C14H23NO4S. The summed E-state index contributed by atoms with van der Waals surface area (Å²) >= 11 is 0. The Balaban J connectivity index is 2.46. The number of hydrogen-bond acceptors (Lipinski definition) is 5. The third-order valence-electron chi connectivity index (χ3n) is 2.78. The first-order valence-electron chi connectivity index (χ1n) is 6.89. The lowest BCUT2D eigenvalue weighted by Crippen LogP contribution is -2.06. The van der Waals surface area contributed by atoms with Gasteiger partial charge in [-0.15, -0.1) is 0 Å². The average Bonchev–Trinajstić information content (AvgIpc) is 2.68. The summed E-state index contributed by atoms with van der Waals surface area (Å²) in [6.07, 6.45) is 9.99. The van der Waals surface area contributed by atoms with Gasteiger partial charge < -0.3 is 4.42 Å². The van der Waals surface area contributed by atoms with E-state index in [1.807, 2.05) is 13.0 Å². The second-order valence-electron chi connectivity index (χ2n) is 4.73. The molecule has 0 saturated carbocycles. The molecule has 0 aliphatic carbocycles. The van der Waals surface area contributed by atoms with Crippen LogP contribution in [0.3, 0.4) is 0 Å². The first-order chi connectivity index (χ1) is 9.42. The summed E-state index contributed by atoms with van der Waals surface area (Å²) in [5, 5.41) is 0. The van der Waals surface area contributed by atoms with Gasteiger partial charge >= 0.3 is 0 Å². The molecule has 1 heterocycles. The quantitative estimate of drug-likeness (QED) is 0.518. The number of aryl methyl sites for hydroxylation is 1. The minimum atomic E-state index is -3.40. The zero-order valence-corrected chi connectivity index (χ0v) is 13.2. The molecule has 6 heteroatoms. The Morgan fingerprint density at radius 2 is 2.10 bits per heavy atom. The molecule has 0 aliphatic heterocycles. The van der Waals surface area contributed by atoms with Gasteiger partial charge in [-0.1, -0.05) is 25.8 Å². The van der Waals surface area contributed by atoms with Crippen LogP contribution in [0.5, 0.6) is 0 Å². The van der Waals surface area contributed by atoms with Crippen LogP contribution < -0.4 is 0 Å². The molecule has 0 fully saturated rings. The van der Waals surface area contributed by atoms with Gasteiger partial charge in [0.25, 0.3) is 10.1 Å². The van der Waals surface area contributed by atoms with Crippen LogP contribution >= 0.6 is 0 Å². The molecule has 0 amide bonds. The van der Waals surface area contributed by atoms with Crippen LogP contribution in [0.25, 0.3) is 6.08 Å². The molecule has 0 radical (unpaired) electrons. The highest BCUT2D eigenvalue weighted by Crippen LogP contribution is 2.13. The molecule has 0 spiro atoms. The van der Waals surface area contributed by atoms with Crippen LogP contribution in [0, 0.1) is 6.92 Å². The number of oxazole rings is 1. The van der Waals surface area contributed by atoms with Gasteiger partial charge in [0.1, 0.15) is 5.76 Å². The van der Waals surface area contributed by atoms with Gasteiger partial charge in [0.15, 0.2) is 0 Å². The number of unbranched alkanes of at least 4 members (excludes halogenated alkanes) is 3. The largest absolute Gasteiger partial charge is 0.442 e. The smallest absolute Gasteiger partial charge is 0.264 e. The molecule has 0 bridgehead atoms. The highest BCUT2D eigenvalue weighted by molar-refractivity contribution is 7.85. The van der Waals surface area contributed by atoms with Crippen LogP contribution in [0.4, 0.5) is 0 Å². The monoisotopic (exact) mass is 301 g/mol. The van der Waals surface area contributed by atoms with Gasteiger partial charge in [0, 0.05) is 6.42 Å². The number of nitrogens with zero attached hydrogens (tertiary/aromatic N) is 1. The normalized spacial score (nSPS) is 12.3. The molecule has 0 aliphatic rings. The molecule has 0 atom stereocenters. The topological polar surface area (TPSA) is 69.4 Å². The van der Waals surface area contributed by atoms with E-state index in [2.05, 4.69) is 18.0 Å². The Labute approximate surface area is 121 Å². The van der Waals surface area contributed by atoms with E-state index in [4.69, 9.17) is 8.60 Å². The van der Waals surface area contributed by atoms with Gasteiger partial charge in [-0.2, -0.15) is 8.42 Å². The molecule has 1 aromatic rings. The first-order valence-corrected chi connectivity index (χ1v) is 8.71. The lowest BCUT2D eigenvalue weighted by atomic mass is 10.2. The molecule has 0 unspecified atom stereocenters. The summed E-state index contributed by atoms with van der Waals surface area (Å²) < 4.78 is 31.9. The Bertz CT molecular complexity index is 531. The fraction of sp³-hybridized carbons (Fsp3) is 0.643. The van der Waals surface area contributed by atoms with Crippen molar-refractivity contribution in [2.75, 3.05) is 12.9 Å². The lowest BCUT2D eigenvalue weighted by molar-refractivity contribution is 0.324. The standard InChI is InChI=1S/C14H23NO4S/c1-4-5-6-7-8-9-14-15-13(12(2)19-14)10-11-18-20(3,16)17/h8-9H,4-7,10-11H2,1-3H3/b9-8+. The van der Waals surface area contributed by atoms with E-state index in [1.54, 1.807) is 0 Å². The Kier molecular flexibility index (Phi) is 6.95. The molecule has 0 saturated heterocycles. The summed E-state index contributed by atoms with van der Waals surface area (Å²) in [7, 11) is -3.40. The van der Waals surface area contributed by atoms with E-state index in [0.29, 0.717) is 18.1 Å². The minimum Gasteiger partial charge on any atom is -0.442 e. The van der Waals surface area contributed by atoms with Crippen LogP contribution in [0.15, 0.2) is 10.5 Å². The van der Waals surface area contributed by atoms with Gasteiger partial charge in [-0.25, -0.2) is 4.98 Å². The molecule has 5 nitrogen and oxygen atoms in total. The van der Waals surface area contributed by atoms with E-state index < -0.39 is 10.1 Å². The Hall–Kier alpha value is -1.14. The third-order valence-corrected chi connectivity index (χ3v) is 3.38. The Morgan fingerprint density at radius 1 is 1.35 bits per heavy atom. The maximum absolute atomic E-state index is 10.9. The van der Waals surface area contributed by atoms with Gasteiger partial charge in [-0.3, -0.25) is 4.18 Å². The summed E-state index contributed by atoms with van der Waals surface area (Å²) in [6.45, 7) is 4.08. The van der Waals surface area contributed by atoms with Crippen molar-refractivity contribution in [3.8, 4) is 0 Å². The fourth-order valence-electron chi connectivity index (χ4n) is 1.74. The van der Waals surface area contributed by atoms with Crippen molar-refractivity contribution >= 4 is 16.2 Å². The Morgan fingerprint density at radius 3 is 2.75 bits per heavy atom. The van der Waals surface area contributed by atoms with E-state index in [-0.39, 0.29) is 6.61 Å². The minimum absolute atomic E-state index is 0.0891. The number of hydrogen-bond donors (Lipinski definition) is 0. The highest BCUT2D eigenvalue weighted by Gasteiger charge is 2.09. The number of rotatable bonds is 9. The van der Waals surface area contributed by atoms with Crippen molar-refractivity contribution in [3.05, 3.63) is 23.4 Å². The van der Waals surface area contributed by atoms with E-state index in [9.17, 15) is 8.42 Å². The summed E-state index contributed by atoms with van der Waals surface area (Å²) in [6, 6.07) is 0. The zero-order valence-electron chi connectivity index (χ0n) is 12.4. The molecule has 1 rings (SSSR count). The van der Waals surface area contributed by atoms with Gasteiger partial charge in [0.05, 0.1) is 18.6 Å². The third kappa shape index (κ3) is 6.86. The van der Waals surface area contributed by atoms with Crippen LogP contribution in [0.2, 0.25) is 0 Å². The second kappa shape index (κ2) is 8.21. The summed E-state index contributed by atoms with van der Waals surface area (Å²) in [5.74, 6) is 1.27. The van der Waals surface area contributed by atoms with Crippen molar-refractivity contribution < 1.29 is 17.0 Å². The predicted molar refractivity (Wildman–Crippen MR) is 78.9 cm³/mol. The molecule has 114 valence electrons. The van der Waals surface area contributed by atoms with Crippen molar-refractivity contribution in [1.29, 1.82) is 0 Å². The maximum Gasteiger partial charge on any atom is 0.264 e. The average molecular weight is 301 g/mol. The number of aromatic nitrogens is 1. The van der Waals surface area contributed by atoms with Crippen molar-refractivity contribution in [3.63, 3.8) is 0 Å². The molecule has 0 N–H and O–H groups in total. The van der Waals surface area contributed by atoms with Crippen LogP contribution in [-0.2, 0) is 20.7 Å². The molecule has 20 heavy (non-hydrogen) atoms. The van der Waals surface area contributed by atoms with Crippen LogP contribution in [-0.4, -0.2) is 26.3 Å². The lowest BCUT2D eigenvalue weighted by Gasteiger charge is -1.98. The summed E-state index contributed by atoms with van der Waals surface area (Å²) in [4.78, 5) is 4.32. The zero-order chi connectivity index (χ0) is 15.0. The molecular weight excluding hydrogens is 278 g/mol. The summed E-state index contributed by atoms with van der Waals surface area (Å²) in [5.41, 5.74) is 0.738. The van der Waals surface area contributed by atoms with Gasteiger partial charge in [0.2, 0.25) is 5.89 Å². The van der Waals surface area contributed by atoms with Crippen LogP contribution in [0.1, 0.15) is 50.0 Å². The van der Waals surface area contributed by atoms with Gasteiger partial charge in [-0.05, 0) is 25.8 Å². The van der Waals surface area contributed by atoms with E-state index in [1.165, 1.54) is 19.3 Å². The predicted octanol–water partition coefficient (Wildman–Crippen LogP) is 3.10. The first kappa shape index (κ1) is 16.9. The highest BCUT2D eigenvalue weighted by atomic mass is 32.2. The fourth-order valence-corrected chi connectivity index (χ4v) is 2.13. The number of allylic oxidation sites excluding steroid dienone is 1. The molecule has 1 aromatic heterocycles. The second-order valence-corrected chi connectivity index (χ2v) is 6.37.